The van der Waals surface area contributed by atoms with Crippen molar-refractivity contribution in [3.8, 4) is 17.2 Å². The minimum Gasteiger partial charge on any atom is -0.488 e. The van der Waals surface area contributed by atoms with Crippen molar-refractivity contribution in [2.75, 3.05) is 13.7 Å². The second-order valence-corrected chi connectivity index (χ2v) is 6.39. The van der Waals surface area contributed by atoms with Crippen molar-refractivity contribution in [2.24, 2.45) is 5.10 Å². The summed E-state index contributed by atoms with van der Waals surface area (Å²) in [6, 6.07) is 7.10. The molecular weight excluding hydrogens is 441 g/mol. The number of nitro groups is 1. The van der Waals surface area contributed by atoms with Crippen LogP contribution in [0.2, 0.25) is 10.0 Å². The molecule has 158 valence electrons. The van der Waals surface area contributed by atoms with Gasteiger partial charge in [-0.05, 0) is 30.3 Å². The second kappa shape index (κ2) is 10.4. The van der Waals surface area contributed by atoms with Gasteiger partial charge in [0.2, 0.25) is 5.75 Å². The summed E-state index contributed by atoms with van der Waals surface area (Å²) in [6.45, 7) is 0.741. The molecule has 0 aliphatic heterocycles. The van der Waals surface area contributed by atoms with Crippen LogP contribution in [-0.2, 0) is 9.59 Å². The van der Waals surface area contributed by atoms with E-state index in [-0.39, 0.29) is 27.8 Å². The number of ether oxygens (including phenoxy) is 3. The topological polar surface area (TPSA) is 129 Å². The zero-order chi connectivity index (χ0) is 22.3. The molecule has 0 heterocycles. The van der Waals surface area contributed by atoms with Crippen molar-refractivity contribution in [1.82, 2.24) is 5.43 Å². The number of hydrogen-bond acceptors (Lipinski definition) is 8. The third kappa shape index (κ3) is 6.06. The largest absolute Gasteiger partial charge is 0.488 e. The number of nitrogens with one attached hydrogen (secondary N) is 1. The van der Waals surface area contributed by atoms with Gasteiger partial charge in [-0.15, -0.1) is 0 Å². The first-order valence-corrected chi connectivity index (χ1v) is 8.92. The highest BCUT2D eigenvalue weighted by Crippen LogP contribution is 2.39. The molecule has 0 aromatic heterocycles. The lowest BCUT2D eigenvalue weighted by atomic mass is 10.1. The Hall–Kier alpha value is -3.37. The monoisotopic (exact) mass is 455 g/mol. The van der Waals surface area contributed by atoms with Crippen LogP contribution in [0.4, 0.5) is 5.69 Å². The van der Waals surface area contributed by atoms with E-state index in [1.165, 1.54) is 31.4 Å². The maximum atomic E-state index is 11.9. The lowest BCUT2D eigenvalue weighted by Crippen LogP contribution is -2.24. The molecule has 1 amide bonds. The Bertz CT molecular complexity index is 1010. The van der Waals surface area contributed by atoms with Crippen LogP contribution in [0.25, 0.3) is 0 Å². The van der Waals surface area contributed by atoms with Gasteiger partial charge in [0.1, 0.15) is 5.75 Å². The van der Waals surface area contributed by atoms with Crippen LogP contribution in [0.1, 0.15) is 12.5 Å². The molecule has 0 bridgehead atoms. The molecule has 0 atom stereocenters. The summed E-state index contributed by atoms with van der Waals surface area (Å²) in [4.78, 5) is 33.7. The highest BCUT2D eigenvalue weighted by molar-refractivity contribution is 6.35. The number of benzene rings is 2. The van der Waals surface area contributed by atoms with Gasteiger partial charge < -0.3 is 14.2 Å². The Morgan fingerprint density at radius 2 is 1.93 bits per heavy atom. The van der Waals surface area contributed by atoms with Gasteiger partial charge in [-0.1, -0.05) is 23.2 Å². The lowest BCUT2D eigenvalue weighted by Gasteiger charge is -2.09. The van der Waals surface area contributed by atoms with E-state index in [0.29, 0.717) is 5.02 Å². The molecule has 2 rings (SSSR count). The summed E-state index contributed by atoms with van der Waals surface area (Å²) in [7, 11) is 1.19. The molecule has 2 aromatic carbocycles. The van der Waals surface area contributed by atoms with Crippen molar-refractivity contribution >= 4 is 47.0 Å². The van der Waals surface area contributed by atoms with Crippen molar-refractivity contribution < 1.29 is 28.7 Å². The average molecular weight is 456 g/mol. The molecule has 0 saturated heterocycles. The Morgan fingerprint density at radius 1 is 1.23 bits per heavy atom. The summed E-state index contributed by atoms with van der Waals surface area (Å²) < 4.78 is 15.2. The number of carbonyl (C=O) groups is 2. The fourth-order valence-corrected chi connectivity index (χ4v) is 2.70. The van der Waals surface area contributed by atoms with Crippen molar-refractivity contribution in [3.05, 3.63) is 56.1 Å². The zero-order valence-corrected chi connectivity index (χ0v) is 17.2. The van der Waals surface area contributed by atoms with Gasteiger partial charge in [-0.25, -0.2) is 5.43 Å². The van der Waals surface area contributed by atoms with Gasteiger partial charge in [-0.2, -0.15) is 5.10 Å². The van der Waals surface area contributed by atoms with Crippen LogP contribution in [-0.4, -0.2) is 36.7 Å². The number of nitrogens with zero attached hydrogens (tertiary/aromatic N) is 2. The number of hydrogen-bond donors (Lipinski definition) is 1. The van der Waals surface area contributed by atoms with E-state index >= 15 is 0 Å². The predicted octanol–water partition coefficient (Wildman–Crippen LogP) is 3.36. The maximum absolute atomic E-state index is 11.9. The minimum atomic E-state index is -0.722. The standard InChI is InChI=1S/C18H15Cl2N3O7/c1-10(24)30-15-5-3-11(17(23(26)27)18(15)28-2)8-21-22-16(25)9-29-14-6-4-12(19)7-13(14)20/h3-8H,9H2,1-2H3,(H,22,25)/b21-8-. The normalized spacial score (nSPS) is 10.5. The third-order valence-corrected chi connectivity index (χ3v) is 3.94. The van der Waals surface area contributed by atoms with Gasteiger partial charge in [-0.3, -0.25) is 19.7 Å². The van der Waals surface area contributed by atoms with Crippen LogP contribution >= 0.6 is 23.2 Å². The quantitative estimate of drug-likeness (QED) is 0.212. The summed E-state index contributed by atoms with van der Waals surface area (Å²) in [6.07, 6.45) is 1.05. The summed E-state index contributed by atoms with van der Waals surface area (Å²) in [5.41, 5.74) is 1.69. The van der Waals surface area contributed by atoms with E-state index in [1.54, 1.807) is 6.07 Å². The highest BCUT2D eigenvalue weighted by atomic mass is 35.5. The number of carbonyl (C=O) groups excluding carboxylic acids is 2. The Kier molecular flexibility index (Phi) is 7.96. The first-order chi connectivity index (χ1) is 14.2. The van der Waals surface area contributed by atoms with Gasteiger partial charge in [0.25, 0.3) is 5.91 Å². The van der Waals surface area contributed by atoms with E-state index in [0.717, 1.165) is 13.1 Å². The van der Waals surface area contributed by atoms with E-state index < -0.39 is 29.1 Å². The highest BCUT2D eigenvalue weighted by Gasteiger charge is 2.25. The number of methoxy groups -OCH3 is 1. The first-order valence-electron chi connectivity index (χ1n) is 8.16. The fourth-order valence-electron chi connectivity index (χ4n) is 2.23. The molecule has 10 nitrogen and oxygen atoms in total. The van der Waals surface area contributed by atoms with Crippen LogP contribution in [0, 0.1) is 10.1 Å². The Balaban J connectivity index is 2.10. The van der Waals surface area contributed by atoms with E-state index in [2.05, 4.69) is 10.5 Å². The van der Waals surface area contributed by atoms with Gasteiger partial charge >= 0.3 is 11.7 Å². The van der Waals surface area contributed by atoms with Gasteiger partial charge in [0, 0.05) is 11.9 Å². The second-order valence-electron chi connectivity index (χ2n) is 5.54. The average Bonchev–Trinajstić information content (AvgIpc) is 2.67. The number of amides is 1. The van der Waals surface area contributed by atoms with Gasteiger partial charge in [0.05, 0.1) is 28.8 Å². The molecule has 0 aliphatic carbocycles. The van der Waals surface area contributed by atoms with E-state index in [1.807, 2.05) is 0 Å². The Morgan fingerprint density at radius 3 is 2.53 bits per heavy atom. The first kappa shape index (κ1) is 22.9. The molecule has 0 aliphatic rings. The molecule has 0 unspecified atom stereocenters. The van der Waals surface area contributed by atoms with Crippen LogP contribution in [0.3, 0.4) is 0 Å². The molecule has 30 heavy (non-hydrogen) atoms. The van der Waals surface area contributed by atoms with Crippen molar-refractivity contribution in [3.63, 3.8) is 0 Å². The van der Waals surface area contributed by atoms with Gasteiger partial charge in [0.15, 0.2) is 12.4 Å². The molecule has 0 radical (unpaired) electrons. The Labute approximate surface area is 180 Å². The minimum absolute atomic E-state index is 0.00900. The summed E-state index contributed by atoms with van der Waals surface area (Å²) in [5, 5.41) is 15.8. The molecule has 0 saturated carbocycles. The fraction of sp³-hybridized carbons (Fsp3) is 0.167. The zero-order valence-electron chi connectivity index (χ0n) is 15.7. The molecule has 0 fully saturated rings. The van der Waals surface area contributed by atoms with Crippen LogP contribution in [0.5, 0.6) is 17.2 Å². The molecule has 1 N–H and O–H groups in total. The van der Waals surface area contributed by atoms with E-state index in [9.17, 15) is 19.7 Å². The molecule has 12 heteroatoms. The smallest absolute Gasteiger partial charge is 0.323 e. The van der Waals surface area contributed by atoms with Crippen LogP contribution < -0.4 is 19.6 Å². The third-order valence-electron chi connectivity index (χ3n) is 3.41. The molecule has 2 aromatic rings. The maximum Gasteiger partial charge on any atom is 0.323 e. The van der Waals surface area contributed by atoms with Crippen molar-refractivity contribution in [2.45, 2.75) is 6.92 Å². The SMILES string of the molecule is COc1c(OC(C)=O)ccc(/C=N\NC(=O)COc2ccc(Cl)cc2Cl)c1[N+](=O)[O-]. The number of hydrazone groups is 1. The molecular formula is C18H15Cl2N3O7. The van der Waals surface area contributed by atoms with E-state index in [4.69, 9.17) is 37.4 Å². The lowest BCUT2D eigenvalue weighted by molar-refractivity contribution is -0.385. The summed E-state index contributed by atoms with van der Waals surface area (Å²) >= 11 is 11.7. The number of rotatable bonds is 8. The number of halogens is 2. The van der Waals surface area contributed by atoms with Crippen LogP contribution in [0.15, 0.2) is 35.4 Å². The predicted molar refractivity (Wildman–Crippen MR) is 109 cm³/mol. The summed E-state index contributed by atoms with van der Waals surface area (Å²) in [5.74, 6) is -1.43. The van der Waals surface area contributed by atoms with Crippen molar-refractivity contribution in [1.29, 1.82) is 0 Å². The number of nitro benzene ring substituents is 1. The number of esters is 1. The molecule has 0 spiro atoms.